The maximum absolute atomic E-state index is 13.3. The average Bonchev–Trinajstić information content (AvgIpc) is 3.15. The number of fused-ring (bicyclic) bond motifs is 5. The van der Waals surface area contributed by atoms with E-state index in [4.69, 9.17) is 10.00 Å². The molecule has 3 aliphatic rings. The van der Waals surface area contributed by atoms with Crippen LogP contribution in [0.4, 0.5) is 18.9 Å². The van der Waals surface area contributed by atoms with Crippen LogP contribution in [-0.4, -0.2) is 34.1 Å². The van der Waals surface area contributed by atoms with Crippen LogP contribution in [-0.2, 0) is 25.3 Å². The van der Waals surface area contributed by atoms with Crippen LogP contribution in [0.3, 0.4) is 0 Å². The normalized spacial score (nSPS) is 35.7. The lowest BCUT2D eigenvalue weighted by atomic mass is 9.64. The second-order valence-corrected chi connectivity index (χ2v) is 8.00. The first kappa shape index (κ1) is 19.4. The molecule has 3 fully saturated rings. The van der Waals surface area contributed by atoms with Crippen molar-refractivity contribution in [3.63, 3.8) is 0 Å². The van der Waals surface area contributed by atoms with E-state index in [1.807, 2.05) is 0 Å². The second-order valence-electron chi connectivity index (χ2n) is 8.00. The zero-order chi connectivity index (χ0) is 21.5. The van der Waals surface area contributed by atoms with Crippen LogP contribution in [0.1, 0.15) is 31.4 Å². The van der Waals surface area contributed by atoms with Gasteiger partial charge in [0.2, 0.25) is 11.8 Å². The smallest absolute Gasteiger partial charge is 0.417 e. The maximum Gasteiger partial charge on any atom is 0.417 e. The lowest BCUT2D eigenvalue weighted by Gasteiger charge is -2.32. The average molecular weight is 408 g/mol. The van der Waals surface area contributed by atoms with Gasteiger partial charge in [0.05, 0.1) is 51.8 Å². The summed E-state index contributed by atoms with van der Waals surface area (Å²) in [5, 5.41) is 18.4. The van der Waals surface area contributed by atoms with Crippen LogP contribution in [0.2, 0.25) is 0 Å². The van der Waals surface area contributed by atoms with E-state index < -0.39 is 64.0 Å². The highest BCUT2D eigenvalue weighted by atomic mass is 19.4. The first-order chi connectivity index (χ1) is 13.3. The number of carbonyl (C=O) groups is 3. The van der Waals surface area contributed by atoms with Gasteiger partial charge >= 0.3 is 12.1 Å². The van der Waals surface area contributed by atoms with Gasteiger partial charge in [-0.3, -0.25) is 14.4 Å². The van der Waals surface area contributed by atoms with Crippen molar-refractivity contribution < 1.29 is 37.4 Å². The number of aliphatic carboxylic acids is 1. The minimum Gasteiger partial charge on any atom is -0.481 e. The summed E-state index contributed by atoms with van der Waals surface area (Å²) in [6, 6.07) is 4.05. The Hall–Kier alpha value is -2.93. The minimum absolute atomic E-state index is 0.0219. The summed E-state index contributed by atoms with van der Waals surface area (Å²) >= 11 is 0. The Labute approximate surface area is 162 Å². The second kappa shape index (κ2) is 5.57. The number of alkyl halides is 3. The Kier molecular flexibility index (Phi) is 3.72. The number of carboxylic acids is 1. The van der Waals surface area contributed by atoms with Crippen LogP contribution in [0.5, 0.6) is 0 Å². The third-order valence-electron chi connectivity index (χ3n) is 6.32. The van der Waals surface area contributed by atoms with Gasteiger partial charge in [0.15, 0.2) is 0 Å². The maximum atomic E-state index is 13.3. The van der Waals surface area contributed by atoms with Gasteiger partial charge < -0.3 is 9.84 Å². The summed E-state index contributed by atoms with van der Waals surface area (Å²) in [7, 11) is 0. The lowest BCUT2D eigenvalue weighted by Crippen LogP contribution is -2.48. The molecule has 3 saturated heterocycles. The number of hydrogen-bond donors (Lipinski definition) is 1. The van der Waals surface area contributed by atoms with Gasteiger partial charge in [-0.2, -0.15) is 18.4 Å². The number of carbonyl (C=O) groups excluding carboxylic acids is 2. The molecule has 7 nitrogen and oxygen atoms in total. The molecule has 2 bridgehead atoms. The molecule has 1 unspecified atom stereocenters. The summed E-state index contributed by atoms with van der Waals surface area (Å²) in [5.74, 6) is -5.80. The van der Waals surface area contributed by atoms with E-state index in [0.29, 0.717) is 11.0 Å². The zero-order valence-corrected chi connectivity index (χ0v) is 15.3. The van der Waals surface area contributed by atoms with Crippen LogP contribution in [0, 0.1) is 29.1 Å². The number of imide groups is 1. The first-order valence-corrected chi connectivity index (χ1v) is 8.77. The number of benzene rings is 1. The number of anilines is 1. The van der Waals surface area contributed by atoms with Crippen LogP contribution in [0.15, 0.2) is 18.2 Å². The van der Waals surface area contributed by atoms with Gasteiger partial charge in [0.25, 0.3) is 0 Å². The largest absolute Gasteiger partial charge is 0.481 e. The summed E-state index contributed by atoms with van der Waals surface area (Å²) < 4.78 is 45.8. The number of carboxylic acid groups (broad SMARTS) is 1. The molecule has 0 saturated carbocycles. The Morgan fingerprint density at radius 3 is 2.45 bits per heavy atom. The third-order valence-corrected chi connectivity index (χ3v) is 6.32. The van der Waals surface area contributed by atoms with Crippen molar-refractivity contribution in [2.75, 3.05) is 4.90 Å². The van der Waals surface area contributed by atoms with Gasteiger partial charge in [-0.25, -0.2) is 4.90 Å². The summed E-state index contributed by atoms with van der Waals surface area (Å²) in [4.78, 5) is 38.5. The molecule has 0 aliphatic carbocycles. The summed E-state index contributed by atoms with van der Waals surface area (Å²) in [5.41, 5.74) is -4.83. The molecule has 0 spiro atoms. The van der Waals surface area contributed by atoms with Crippen molar-refractivity contribution in [1.29, 1.82) is 5.26 Å². The molecule has 1 aromatic rings. The van der Waals surface area contributed by atoms with E-state index >= 15 is 0 Å². The number of nitriles is 1. The predicted molar refractivity (Wildman–Crippen MR) is 89.3 cm³/mol. The molecule has 4 rings (SSSR count). The Balaban J connectivity index is 1.81. The minimum atomic E-state index is -4.85. The van der Waals surface area contributed by atoms with Crippen LogP contribution in [0.25, 0.3) is 0 Å². The summed E-state index contributed by atoms with van der Waals surface area (Å²) in [6.07, 6.45) is -4.83. The topological polar surface area (TPSA) is 108 Å². The molecule has 29 heavy (non-hydrogen) atoms. The van der Waals surface area contributed by atoms with Crippen molar-refractivity contribution in [2.45, 2.75) is 37.6 Å². The monoisotopic (exact) mass is 408 g/mol. The molecule has 10 heteroatoms. The fourth-order valence-electron chi connectivity index (χ4n) is 5.15. The molecule has 3 aliphatic heterocycles. The molecule has 5 atom stereocenters. The molecule has 1 N–H and O–H groups in total. The highest BCUT2D eigenvalue weighted by Gasteiger charge is 2.77. The van der Waals surface area contributed by atoms with Gasteiger partial charge in [0.1, 0.15) is 0 Å². The van der Waals surface area contributed by atoms with Crippen molar-refractivity contribution in [1.82, 2.24) is 0 Å². The number of ether oxygens (including phenoxy) is 1. The number of rotatable bonds is 2. The van der Waals surface area contributed by atoms with Gasteiger partial charge in [-0.15, -0.1) is 0 Å². The van der Waals surface area contributed by atoms with E-state index in [1.165, 1.54) is 13.0 Å². The molecule has 3 heterocycles. The molecule has 152 valence electrons. The highest BCUT2D eigenvalue weighted by molar-refractivity contribution is 6.23. The summed E-state index contributed by atoms with van der Waals surface area (Å²) in [6.45, 7) is 3.00. The molecular weight excluding hydrogens is 393 g/mol. The standard InChI is InChI=1S/C19H15F3N2O5/c1-17-6-11(16(27)28)18(2,29-17)13-12(17)14(25)24(15(13)26)9-4-3-8(7-23)10(5-9)19(20,21)22/h3-5,11-13H,6H2,1-2H3,(H,27,28)/t11?,12-,13+,17-,18+/m1/s1. The van der Waals surface area contributed by atoms with E-state index in [9.17, 15) is 32.7 Å². The molecule has 0 radical (unpaired) electrons. The first-order valence-electron chi connectivity index (χ1n) is 8.77. The number of hydrogen-bond acceptors (Lipinski definition) is 5. The number of amides is 2. The van der Waals surface area contributed by atoms with Gasteiger partial charge in [-0.05, 0) is 38.5 Å². The molecule has 0 aromatic heterocycles. The van der Waals surface area contributed by atoms with Gasteiger partial charge in [-0.1, -0.05) is 0 Å². The van der Waals surface area contributed by atoms with Crippen LogP contribution >= 0.6 is 0 Å². The number of nitrogens with zero attached hydrogens (tertiary/aromatic N) is 2. The zero-order valence-electron chi connectivity index (χ0n) is 15.3. The van der Waals surface area contributed by atoms with E-state index in [1.54, 1.807) is 6.92 Å². The van der Waals surface area contributed by atoms with Crippen molar-refractivity contribution >= 4 is 23.5 Å². The molecule has 2 amide bonds. The fraction of sp³-hybridized carbons (Fsp3) is 0.474. The van der Waals surface area contributed by atoms with Gasteiger partial charge in [0, 0.05) is 0 Å². The molecule has 1 aromatic carbocycles. The lowest BCUT2D eigenvalue weighted by molar-refractivity contribution is -0.150. The van der Waals surface area contributed by atoms with E-state index in [-0.39, 0.29) is 12.1 Å². The predicted octanol–water partition coefficient (Wildman–Crippen LogP) is 2.33. The third kappa shape index (κ3) is 2.37. The van der Waals surface area contributed by atoms with Crippen LogP contribution < -0.4 is 4.90 Å². The fourth-order valence-corrected chi connectivity index (χ4v) is 5.15. The quantitative estimate of drug-likeness (QED) is 0.753. The Bertz CT molecular complexity index is 1020. The van der Waals surface area contributed by atoms with Crippen molar-refractivity contribution in [3.05, 3.63) is 29.3 Å². The Morgan fingerprint density at radius 2 is 1.90 bits per heavy atom. The Morgan fingerprint density at radius 1 is 1.28 bits per heavy atom. The van der Waals surface area contributed by atoms with E-state index in [0.717, 1.165) is 12.1 Å². The highest BCUT2D eigenvalue weighted by Crippen LogP contribution is 2.63. The SMILES string of the molecule is C[C@]12CC(C(=O)O)[C@](C)(O1)[C@@H]1C(=O)N(c3ccc(C#N)c(C(F)(F)F)c3)C(=O)[C@@H]12. The van der Waals surface area contributed by atoms with E-state index in [2.05, 4.69) is 0 Å². The number of halogens is 3. The van der Waals surface area contributed by atoms with Crippen molar-refractivity contribution in [3.8, 4) is 6.07 Å². The van der Waals surface area contributed by atoms with Crippen molar-refractivity contribution in [2.24, 2.45) is 17.8 Å². The molecular formula is C19H15F3N2O5.